The molecular weight excluding hydrogens is 192 g/mol. The van der Waals surface area contributed by atoms with Crippen molar-refractivity contribution in [3.8, 4) is 5.75 Å². The Hall–Kier alpha value is -1.55. The van der Waals surface area contributed by atoms with Gasteiger partial charge < -0.3 is 4.74 Å². The van der Waals surface area contributed by atoms with Crippen molar-refractivity contribution in [2.45, 2.75) is 19.8 Å². The average molecular weight is 208 g/mol. The van der Waals surface area contributed by atoms with E-state index >= 15 is 0 Å². The van der Waals surface area contributed by atoms with Crippen LogP contribution in [0.4, 0.5) is 0 Å². The highest BCUT2D eigenvalue weighted by atomic mass is 16.5. The van der Waals surface area contributed by atoms with Crippen molar-refractivity contribution < 1.29 is 9.53 Å². The minimum absolute atomic E-state index is 0.345. The third-order valence-corrected chi connectivity index (χ3v) is 2.27. The van der Waals surface area contributed by atoms with Gasteiger partial charge in [0.05, 0.1) is 12.7 Å². The molecule has 1 aromatic rings. The summed E-state index contributed by atoms with van der Waals surface area (Å²) in [5.74, 6) is 5.67. The van der Waals surface area contributed by atoms with Gasteiger partial charge in [-0.25, -0.2) is 5.84 Å². The first-order valence-corrected chi connectivity index (χ1v) is 4.79. The molecule has 0 radical (unpaired) electrons. The summed E-state index contributed by atoms with van der Waals surface area (Å²) in [6.45, 7) is 4.16. The Morgan fingerprint density at radius 2 is 2.13 bits per heavy atom. The molecule has 0 aliphatic carbocycles. The number of rotatable bonds is 3. The van der Waals surface area contributed by atoms with Crippen LogP contribution in [0, 0.1) is 0 Å². The lowest BCUT2D eigenvalue weighted by atomic mass is 10.0. The number of nitrogen functional groups attached to an aromatic ring is 1. The van der Waals surface area contributed by atoms with Gasteiger partial charge in [-0.05, 0) is 23.6 Å². The van der Waals surface area contributed by atoms with Gasteiger partial charge in [0.2, 0.25) is 0 Å². The largest absolute Gasteiger partial charge is 0.496 e. The summed E-state index contributed by atoms with van der Waals surface area (Å²) in [6, 6.07) is 5.48. The number of hydrazine groups is 1. The maximum absolute atomic E-state index is 11.4. The second kappa shape index (κ2) is 4.79. The summed E-state index contributed by atoms with van der Waals surface area (Å²) in [7, 11) is 1.53. The molecule has 4 heteroatoms. The molecule has 4 nitrogen and oxygen atoms in total. The predicted octanol–water partition coefficient (Wildman–Crippen LogP) is 1.42. The van der Waals surface area contributed by atoms with Crippen LogP contribution < -0.4 is 16.0 Å². The summed E-state index contributed by atoms with van der Waals surface area (Å²) >= 11 is 0. The van der Waals surface area contributed by atoms with Crippen molar-refractivity contribution in [2.75, 3.05) is 7.11 Å². The highest BCUT2D eigenvalue weighted by Crippen LogP contribution is 2.24. The van der Waals surface area contributed by atoms with Gasteiger partial charge in [0.1, 0.15) is 5.75 Å². The summed E-state index contributed by atoms with van der Waals surface area (Å²) in [6.07, 6.45) is 0. The van der Waals surface area contributed by atoms with Gasteiger partial charge in [0, 0.05) is 0 Å². The van der Waals surface area contributed by atoms with Gasteiger partial charge >= 0.3 is 0 Å². The number of benzene rings is 1. The Morgan fingerprint density at radius 3 is 2.60 bits per heavy atom. The van der Waals surface area contributed by atoms with Crippen molar-refractivity contribution in [1.82, 2.24) is 5.43 Å². The number of carbonyl (C=O) groups is 1. The first kappa shape index (κ1) is 11.5. The lowest BCUT2D eigenvalue weighted by Crippen LogP contribution is -2.30. The van der Waals surface area contributed by atoms with Crippen LogP contribution in [0.5, 0.6) is 5.75 Å². The maximum Gasteiger partial charge on any atom is 0.268 e. The molecule has 0 bridgehead atoms. The molecule has 0 unspecified atom stereocenters. The number of methoxy groups -OCH3 is 1. The van der Waals surface area contributed by atoms with Crippen molar-refractivity contribution in [2.24, 2.45) is 5.84 Å². The van der Waals surface area contributed by atoms with Gasteiger partial charge in [-0.3, -0.25) is 10.2 Å². The van der Waals surface area contributed by atoms with Gasteiger partial charge in [0.15, 0.2) is 0 Å². The Labute approximate surface area is 89.4 Å². The smallest absolute Gasteiger partial charge is 0.268 e. The molecular formula is C11H16N2O2. The molecule has 0 saturated heterocycles. The zero-order valence-electron chi connectivity index (χ0n) is 9.20. The molecule has 1 amide bonds. The molecule has 1 aromatic carbocycles. The van der Waals surface area contributed by atoms with E-state index < -0.39 is 0 Å². The molecule has 3 N–H and O–H groups in total. The highest BCUT2D eigenvalue weighted by Gasteiger charge is 2.12. The molecule has 0 aliphatic heterocycles. The molecule has 0 saturated carbocycles. The number of carbonyl (C=O) groups excluding carboxylic acids is 1. The fraction of sp³-hybridized carbons (Fsp3) is 0.364. The summed E-state index contributed by atoms with van der Waals surface area (Å²) in [4.78, 5) is 11.4. The van der Waals surface area contributed by atoms with E-state index in [1.54, 1.807) is 6.07 Å². The Bertz CT molecular complexity index is 362. The van der Waals surface area contributed by atoms with Gasteiger partial charge in [-0.1, -0.05) is 19.9 Å². The molecule has 0 heterocycles. The monoisotopic (exact) mass is 208 g/mol. The Kier molecular flexibility index (Phi) is 3.68. The van der Waals surface area contributed by atoms with E-state index in [1.165, 1.54) is 7.11 Å². The van der Waals surface area contributed by atoms with Crippen molar-refractivity contribution in [3.63, 3.8) is 0 Å². The van der Waals surface area contributed by atoms with E-state index in [0.717, 1.165) is 5.56 Å². The van der Waals surface area contributed by atoms with E-state index in [0.29, 0.717) is 17.2 Å². The van der Waals surface area contributed by atoms with Crippen LogP contribution in [-0.2, 0) is 0 Å². The zero-order chi connectivity index (χ0) is 11.4. The first-order chi connectivity index (χ1) is 7.10. The van der Waals surface area contributed by atoms with Crippen molar-refractivity contribution in [3.05, 3.63) is 29.3 Å². The van der Waals surface area contributed by atoms with Crippen LogP contribution in [0.15, 0.2) is 18.2 Å². The van der Waals surface area contributed by atoms with Crippen LogP contribution in [0.1, 0.15) is 35.7 Å². The van der Waals surface area contributed by atoms with E-state index in [9.17, 15) is 4.79 Å². The van der Waals surface area contributed by atoms with E-state index in [-0.39, 0.29) is 5.91 Å². The van der Waals surface area contributed by atoms with Crippen LogP contribution in [0.3, 0.4) is 0 Å². The molecule has 0 aromatic heterocycles. The fourth-order valence-electron chi connectivity index (χ4n) is 1.33. The average Bonchev–Trinajstić information content (AvgIpc) is 2.27. The van der Waals surface area contributed by atoms with E-state index in [1.807, 2.05) is 12.1 Å². The second-order valence-electron chi connectivity index (χ2n) is 3.59. The number of hydrogen-bond donors (Lipinski definition) is 2. The van der Waals surface area contributed by atoms with Gasteiger partial charge in [-0.15, -0.1) is 0 Å². The van der Waals surface area contributed by atoms with Crippen LogP contribution in [0.2, 0.25) is 0 Å². The van der Waals surface area contributed by atoms with Crippen LogP contribution in [-0.4, -0.2) is 13.0 Å². The summed E-state index contributed by atoms with van der Waals surface area (Å²) < 4.78 is 5.14. The number of hydrogen-bond acceptors (Lipinski definition) is 3. The molecule has 15 heavy (non-hydrogen) atoms. The SMILES string of the molecule is COc1cc(C(C)C)ccc1C(=O)NN. The predicted molar refractivity (Wildman–Crippen MR) is 58.7 cm³/mol. The zero-order valence-corrected chi connectivity index (χ0v) is 9.20. The fourth-order valence-corrected chi connectivity index (χ4v) is 1.33. The minimum atomic E-state index is -0.345. The van der Waals surface area contributed by atoms with E-state index in [4.69, 9.17) is 10.6 Å². The highest BCUT2D eigenvalue weighted by molar-refractivity contribution is 5.96. The molecule has 0 spiro atoms. The molecule has 0 fully saturated rings. The molecule has 0 atom stereocenters. The Morgan fingerprint density at radius 1 is 1.47 bits per heavy atom. The molecule has 1 rings (SSSR count). The standard InChI is InChI=1S/C11H16N2O2/c1-7(2)8-4-5-9(11(14)13-12)10(6-8)15-3/h4-7H,12H2,1-3H3,(H,13,14). The number of nitrogens with two attached hydrogens (primary N) is 1. The van der Waals surface area contributed by atoms with Gasteiger partial charge in [-0.2, -0.15) is 0 Å². The third kappa shape index (κ3) is 2.47. The lowest BCUT2D eigenvalue weighted by Gasteiger charge is -2.11. The molecule has 82 valence electrons. The topological polar surface area (TPSA) is 64.3 Å². The van der Waals surface area contributed by atoms with Gasteiger partial charge in [0.25, 0.3) is 5.91 Å². The number of amides is 1. The second-order valence-corrected chi connectivity index (χ2v) is 3.59. The Balaban J connectivity index is 3.15. The summed E-state index contributed by atoms with van der Waals surface area (Å²) in [5.41, 5.74) is 3.66. The summed E-state index contributed by atoms with van der Waals surface area (Å²) in [5, 5.41) is 0. The van der Waals surface area contributed by atoms with Crippen molar-refractivity contribution in [1.29, 1.82) is 0 Å². The van der Waals surface area contributed by atoms with Crippen molar-refractivity contribution >= 4 is 5.91 Å². The lowest BCUT2D eigenvalue weighted by molar-refractivity contribution is 0.0950. The van der Waals surface area contributed by atoms with Crippen LogP contribution in [0.25, 0.3) is 0 Å². The number of ether oxygens (including phenoxy) is 1. The normalized spacial score (nSPS) is 10.2. The maximum atomic E-state index is 11.4. The number of nitrogens with one attached hydrogen (secondary N) is 1. The van der Waals surface area contributed by atoms with E-state index in [2.05, 4.69) is 19.3 Å². The third-order valence-electron chi connectivity index (χ3n) is 2.27. The molecule has 0 aliphatic rings. The minimum Gasteiger partial charge on any atom is -0.496 e. The van der Waals surface area contributed by atoms with Crippen LogP contribution >= 0.6 is 0 Å². The first-order valence-electron chi connectivity index (χ1n) is 4.79. The quantitative estimate of drug-likeness (QED) is 0.448.